The Kier molecular flexibility index (Phi) is 4.58. The van der Waals surface area contributed by atoms with E-state index in [0.717, 1.165) is 25.7 Å². The van der Waals surface area contributed by atoms with E-state index in [4.69, 9.17) is 17.3 Å². The van der Waals surface area contributed by atoms with Crippen LogP contribution in [0.1, 0.15) is 32.1 Å². The lowest BCUT2D eigenvalue weighted by atomic mass is 9.91. The summed E-state index contributed by atoms with van der Waals surface area (Å²) in [6, 6.07) is 4.76. The van der Waals surface area contributed by atoms with E-state index in [2.05, 4.69) is 4.72 Å². The summed E-state index contributed by atoms with van der Waals surface area (Å²) in [5.41, 5.74) is 6.50. The molecule has 0 saturated heterocycles. The first-order valence-corrected chi connectivity index (χ1v) is 8.55. The molecular weight excluding hydrogens is 284 g/mol. The summed E-state index contributed by atoms with van der Waals surface area (Å²) in [4.78, 5) is 0. The molecule has 1 saturated carbocycles. The Balaban J connectivity index is 2.03. The second-order valence-corrected chi connectivity index (χ2v) is 7.32. The van der Waals surface area contributed by atoms with Crippen LogP contribution in [0.15, 0.2) is 18.2 Å². The second kappa shape index (κ2) is 6.01. The third-order valence-electron chi connectivity index (χ3n) is 3.46. The van der Waals surface area contributed by atoms with Crippen LogP contribution < -0.4 is 10.5 Å². The standard InChI is InChI=1S/C13H19ClN2O2S/c14-11-6-7-13(12(15)8-11)16-19(17,18)9-10-4-2-1-3-5-10/h6-8,10,16H,1-5,9,15H2. The number of rotatable bonds is 4. The molecule has 4 nitrogen and oxygen atoms in total. The largest absolute Gasteiger partial charge is 0.397 e. The van der Waals surface area contributed by atoms with Crippen molar-refractivity contribution >= 4 is 33.0 Å². The number of anilines is 2. The first kappa shape index (κ1) is 14.5. The monoisotopic (exact) mass is 302 g/mol. The zero-order chi connectivity index (χ0) is 13.9. The summed E-state index contributed by atoms with van der Waals surface area (Å²) in [7, 11) is -3.34. The highest BCUT2D eigenvalue weighted by atomic mass is 35.5. The molecule has 0 heterocycles. The van der Waals surface area contributed by atoms with Gasteiger partial charge in [0.15, 0.2) is 0 Å². The summed E-state index contributed by atoms with van der Waals surface area (Å²) in [5, 5.41) is 0.493. The Hall–Kier alpha value is -0.940. The lowest BCUT2D eigenvalue weighted by molar-refractivity contribution is 0.385. The van der Waals surface area contributed by atoms with Gasteiger partial charge in [-0.25, -0.2) is 8.42 Å². The van der Waals surface area contributed by atoms with Gasteiger partial charge in [-0.3, -0.25) is 4.72 Å². The topological polar surface area (TPSA) is 72.2 Å². The number of hydrogen-bond donors (Lipinski definition) is 2. The van der Waals surface area contributed by atoms with Crippen LogP contribution in [0.4, 0.5) is 11.4 Å². The molecule has 0 aliphatic heterocycles. The van der Waals surface area contributed by atoms with Crippen molar-refractivity contribution in [1.29, 1.82) is 0 Å². The SMILES string of the molecule is Nc1cc(Cl)ccc1NS(=O)(=O)CC1CCCCC1. The fourth-order valence-corrected chi connectivity index (χ4v) is 4.24. The lowest BCUT2D eigenvalue weighted by Crippen LogP contribution is -2.24. The molecule has 0 radical (unpaired) electrons. The Morgan fingerprint density at radius 2 is 1.95 bits per heavy atom. The van der Waals surface area contributed by atoms with Crippen molar-refractivity contribution in [2.45, 2.75) is 32.1 Å². The van der Waals surface area contributed by atoms with Crippen molar-refractivity contribution in [1.82, 2.24) is 0 Å². The molecule has 0 spiro atoms. The molecule has 19 heavy (non-hydrogen) atoms. The summed E-state index contributed by atoms with van der Waals surface area (Å²) >= 11 is 5.79. The number of halogens is 1. The first-order valence-electron chi connectivity index (χ1n) is 6.52. The Morgan fingerprint density at radius 1 is 1.26 bits per heavy atom. The van der Waals surface area contributed by atoms with Crippen molar-refractivity contribution in [3.63, 3.8) is 0 Å². The predicted molar refractivity (Wildman–Crippen MR) is 79.8 cm³/mol. The fraction of sp³-hybridized carbons (Fsp3) is 0.538. The molecular formula is C13H19ClN2O2S. The highest BCUT2D eigenvalue weighted by Crippen LogP contribution is 2.27. The number of hydrogen-bond acceptors (Lipinski definition) is 3. The summed E-state index contributed by atoms with van der Waals surface area (Å²) in [5.74, 6) is 0.439. The summed E-state index contributed by atoms with van der Waals surface area (Å²) in [6.45, 7) is 0. The van der Waals surface area contributed by atoms with Gasteiger partial charge in [-0.15, -0.1) is 0 Å². The fourth-order valence-electron chi connectivity index (χ4n) is 2.50. The quantitative estimate of drug-likeness (QED) is 0.839. The van der Waals surface area contributed by atoms with Crippen LogP contribution in [0.3, 0.4) is 0 Å². The van der Waals surface area contributed by atoms with E-state index < -0.39 is 10.0 Å². The zero-order valence-corrected chi connectivity index (χ0v) is 12.3. The van der Waals surface area contributed by atoms with E-state index in [9.17, 15) is 8.42 Å². The van der Waals surface area contributed by atoms with Crippen molar-refractivity contribution in [3.8, 4) is 0 Å². The highest BCUT2D eigenvalue weighted by molar-refractivity contribution is 7.92. The molecule has 3 N–H and O–H groups in total. The maximum atomic E-state index is 12.1. The molecule has 1 aromatic carbocycles. The third kappa shape index (κ3) is 4.28. The molecule has 1 fully saturated rings. The van der Waals surface area contributed by atoms with E-state index in [1.165, 1.54) is 6.42 Å². The van der Waals surface area contributed by atoms with E-state index >= 15 is 0 Å². The molecule has 6 heteroatoms. The molecule has 0 atom stereocenters. The number of nitrogens with one attached hydrogen (secondary N) is 1. The highest BCUT2D eigenvalue weighted by Gasteiger charge is 2.21. The Labute approximate surface area is 119 Å². The molecule has 106 valence electrons. The van der Waals surface area contributed by atoms with Crippen LogP contribution in [-0.4, -0.2) is 14.2 Å². The minimum absolute atomic E-state index is 0.176. The van der Waals surface area contributed by atoms with Crippen LogP contribution >= 0.6 is 11.6 Å². The average molecular weight is 303 g/mol. The summed E-state index contributed by atoms with van der Waals surface area (Å²) < 4.78 is 26.8. The van der Waals surface area contributed by atoms with Gasteiger partial charge >= 0.3 is 0 Å². The van der Waals surface area contributed by atoms with Gasteiger partial charge in [0.25, 0.3) is 0 Å². The van der Waals surface area contributed by atoms with Crippen LogP contribution in [0.5, 0.6) is 0 Å². The Morgan fingerprint density at radius 3 is 2.58 bits per heavy atom. The second-order valence-electron chi connectivity index (χ2n) is 5.12. The smallest absolute Gasteiger partial charge is 0.233 e. The van der Waals surface area contributed by atoms with Crippen molar-refractivity contribution in [3.05, 3.63) is 23.2 Å². The number of nitrogens with two attached hydrogens (primary N) is 1. The maximum Gasteiger partial charge on any atom is 0.233 e. The maximum absolute atomic E-state index is 12.1. The molecule has 1 aromatic rings. The molecule has 0 bridgehead atoms. The minimum atomic E-state index is -3.34. The number of sulfonamides is 1. The Bertz CT molecular complexity index is 540. The number of benzene rings is 1. The molecule has 0 aromatic heterocycles. The first-order chi connectivity index (χ1) is 8.96. The lowest BCUT2D eigenvalue weighted by Gasteiger charge is -2.21. The van der Waals surface area contributed by atoms with Gasteiger partial charge < -0.3 is 5.73 Å². The van der Waals surface area contributed by atoms with E-state index in [1.807, 2.05) is 0 Å². The third-order valence-corrected chi connectivity index (χ3v) is 5.14. The van der Waals surface area contributed by atoms with Gasteiger partial charge in [-0.2, -0.15) is 0 Å². The zero-order valence-electron chi connectivity index (χ0n) is 10.7. The van der Waals surface area contributed by atoms with Gasteiger partial charge in [0, 0.05) is 5.02 Å². The van der Waals surface area contributed by atoms with E-state index in [-0.39, 0.29) is 11.7 Å². The predicted octanol–water partition coefficient (Wildman–Crippen LogP) is 3.24. The van der Waals surface area contributed by atoms with Gasteiger partial charge in [0.05, 0.1) is 17.1 Å². The van der Waals surface area contributed by atoms with Crippen molar-refractivity contribution < 1.29 is 8.42 Å². The molecule has 2 rings (SSSR count). The van der Waals surface area contributed by atoms with Crippen LogP contribution in [0.25, 0.3) is 0 Å². The van der Waals surface area contributed by atoms with E-state index in [1.54, 1.807) is 18.2 Å². The van der Waals surface area contributed by atoms with Crippen LogP contribution in [0, 0.1) is 5.92 Å². The number of nitrogen functional groups attached to an aromatic ring is 1. The van der Waals surface area contributed by atoms with Crippen LogP contribution in [-0.2, 0) is 10.0 Å². The van der Waals surface area contributed by atoms with Gasteiger partial charge in [-0.05, 0) is 37.0 Å². The van der Waals surface area contributed by atoms with Crippen LogP contribution in [0.2, 0.25) is 5.02 Å². The molecule has 0 unspecified atom stereocenters. The van der Waals surface area contributed by atoms with Crippen molar-refractivity contribution in [2.24, 2.45) is 5.92 Å². The van der Waals surface area contributed by atoms with Gasteiger partial charge in [0.1, 0.15) is 0 Å². The average Bonchev–Trinajstić information content (AvgIpc) is 2.33. The van der Waals surface area contributed by atoms with Gasteiger partial charge in [0.2, 0.25) is 10.0 Å². The summed E-state index contributed by atoms with van der Waals surface area (Å²) in [6.07, 6.45) is 5.47. The van der Waals surface area contributed by atoms with Crippen molar-refractivity contribution in [2.75, 3.05) is 16.2 Å². The minimum Gasteiger partial charge on any atom is -0.397 e. The molecule has 1 aliphatic carbocycles. The van der Waals surface area contributed by atoms with Gasteiger partial charge in [-0.1, -0.05) is 30.9 Å². The normalized spacial score (nSPS) is 17.3. The molecule has 0 amide bonds. The van der Waals surface area contributed by atoms with E-state index in [0.29, 0.717) is 16.4 Å². The molecule has 1 aliphatic rings.